The molecule has 0 amide bonds. The van der Waals surface area contributed by atoms with Gasteiger partial charge < -0.3 is 9.84 Å². The van der Waals surface area contributed by atoms with Gasteiger partial charge in [0, 0.05) is 11.8 Å². The SMILES string of the molecule is c1ccc2c(c1)CCCC2c1noc(C2CCNCC2)n1. The Morgan fingerprint density at radius 3 is 2.86 bits per heavy atom. The van der Waals surface area contributed by atoms with Crippen LogP contribution in [-0.4, -0.2) is 23.2 Å². The highest BCUT2D eigenvalue weighted by Gasteiger charge is 2.28. The van der Waals surface area contributed by atoms with E-state index in [-0.39, 0.29) is 0 Å². The standard InChI is InChI=1S/C17H21N3O/c1-2-6-14-12(4-1)5-3-7-15(14)16-19-17(21-20-16)13-8-10-18-11-9-13/h1-2,4,6,13,15,18H,3,5,7-11H2. The van der Waals surface area contributed by atoms with E-state index in [1.54, 1.807) is 0 Å². The fourth-order valence-corrected chi connectivity index (χ4v) is 3.65. The summed E-state index contributed by atoms with van der Waals surface area (Å²) in [5, 5.41) is 7.69. The Hall–Kier alpha value is -1.68. The molecule has 1 atom stereocenters. The molecule has 4 heteroatoms. The molecule has 1 aromatic carbocycles. The van der Waals surface area contributed by atoms with Gasteiger partial charge in [0.05, 0.1) is 0 Å². The minimum absolute atomic E-state index is 0.314. The van der Waals surface area contributed by atoms with E-state index in [2.05, 4.69) is 34.7 Å². The number of benzene rings is 1. The number of nitrogens with zero attached hydrogens (tertiary/aromatic N) is 2. The average Bonchev–Trinajstić information content (AvgIpc) is 3.05. The van der Waals surface area contributed by atoms with Gasteiger partial charge in [-0.2, -0.15) is 4.98 Å². The van der Waals surface area contributed by atoms with E-state index in [4.69, 9.17) is 9.51 Å². The Kier molecular flexibility index (Phi) is 3.47. The third-order valence-electron chi connectivity index (χ3n) is 4.83. The number of aryl methyl sites for hydroxylation is 1. The van der Waals surface area contributed by atoms with E-state index in [9.17, 15) is 0 Å². The van der Waals surface area contributed by atoms with Gasteiger partial charge in [0.2, 0.25) is 5.89 Å². The van der Waals surface area contributed by atoms with Crippen LogP contribution in [-0.2, 0) is 6.42 Å². The molecule has 1 aliphatic carbocycles. The molecule has 1 saturated heterocycles. The maximum atomic E-state index is 5.58. The highest BCUT2D eigenvalue weighted by molar-refractivity contribution is 5.36. The molecule has 0 bridgehead atoms. The Balaban J connectivity index is 1.61. The Morgan fingerprint density at radius 2 is 1.95 bits per heavy atom. The maximum absolute atomic E-state index is 5.58. The summed E-state index contributed by atoms with van der Waals surface area (Å²) in [5.41, 5.74) is 2.84. The topological polar surface area (TPSA) is 51.0 Å². The predicted octanol–water partition coefficient (Wildman–Crippen LogP) is 3.00. The molecule has 4 rings (SSSR count). The van der Waals surface area contributed by atoms with Crippen molar-refractivity contribution in [2.24, 2.45) is 0 Å². The van der Waals surface area contributed by atoms with Crippen LogP contribution in [0.4, 0.5) is 0 Å². The minimum atomic E-state index is 0.314. The highest BCUT2D eigenvalue weighted by Crippen LogP contribution is 2.36. The number of aromatic nitrogens is 2. The van der Waals surface area contributed by atoms with Crippen LogP contribution in [0.2, 0.25) is 0 Å². The molecular weight excluding hydrogens is 262 g/mol. The zero-order chi connectivity index (χ0) is 14.1. The second-order valence-corrected chi connectivity index (χ2v) is 6.16. The number of piperidine rings is 1. The van der Waals surface area contributed by atoms with Crippen LogP contribution in [0.1, 0.15) is 60.4 Å². The third kappa shape index (κ3) is 2.48. The first-order chi connectivity index (χ1) is 10.4. The second-order valence-electron chi connectivity index (χ2n) is 6.16. The van der Waals surface area contributed by atoms with E-state index >= 15 is 0 Å². The van der Waals surface area contributed by atoms with E-state index < -0.39 is 0 Å². The first-order valence-corrected chi connectivity index (χ1v) is 8.04. The van der Waals surface area contributed by atoms with Crippen molar-refractivity contribution >= 4 is 0 Å². The number of fused-ring (bicyclic) bond motifs is 1. The smallest absolute Gasteiger partial charge is 0.229 e. The van der Waals surface area contributed by atoms with Gasteiger partial charge in [0.1, 0.15) is 0 Å². The third-order valence-corrected chi connectivity index (χ3v) is 4.83. The molecule has 2 aromatic rings. The summed E-state index contributed by atoms with van der Waals surface area (Å²) in [5.74, 6) is 2.48. The van der Waals surface area contributed by atoms with Crippen molar-refractivity contribution in [1.82, 2.24) is 15.5 Å². The molecule has 2 heterocycles. The van der Waals surface area contributed by atoms with E-state index in [1.807, 2.05) is 0 Å². The molecule has 1 aliphatic heterocycles. The molecule has 4 nitrogen and oxygen atoms in total. The van der Waals surface area contributed by atoms with E-state index in [0.29, 0.717) is 11.8 Å². The van der Waals surface area contributed by atoms with Crippen LogP contribution in [0, 0.1) is 0 Å². The predicted molar refractivity (Wildman–Crippen MR) is 80.4 cm³/mol. The van der Waals surface area contributed by atoms with E-state index in [0.717, 1.165) is 44.1 Å². The Bertz CT molecular complexity index is 616. The summed E-state index contributed by atoms with van der Waals surface area (Å²) >= 11 is 0. The number of hydrogen-bond donors (Lipinski definition) is 1. The zero-order valence-corrected chi connectivity index (χ0v) is 12.2. The molecular formula is C17H21N3O. The summed E-state index contributed by atoms with van der Waals surface area (Å²) in [6.45, 7) is 2.10. The monoisotopic (exact) mass is 283 g/mol. The molecule has 1 unspecified atom stereocenters. The average molecular weight is 283 g/mol. The van der Waals surface area contributed by atoms with Crippen LogP contribution in [0.3, 0.4) is 0 Å². The van der Waals surface area contributed by atoms with E-state index in [1.165, 1.54) is 24.0 Å². The van der Waals surface area contributed by atoms with Crippen LogP contribution in [0.25, 0.3) is 0 Å². The maximum Gasteiger partial charge on any atom is 0.229 e. The molecule has 1 N–H and O–H groups in total. The van der Waals surface area contributed by atoms with Crippen LogP contribution in [0.5, 0.6) is 0 Å². The lowest BCUT2D eigenvalue weighted by atomic mass is 9.82. The van der Waals surface area contributed by atoms with Gasteiger partial charge in [-0.1, -0.05) is 29.4 Å². The van der Waals surface area contributed by atoms with Crippen LogP contribution in [0.15, 0.2) is 28.8 Å². The van der Waals surface area contributed by atoms with Gasteiger partial charge in [-0.15, -0.1) is 0 Å². The largest absolute Gasteiger partial charge is 0.339 e. The minimum Gasteiger partial charge on any atom is -0.339 e. The number of hydrogen-bond acceptors (Lipinski definition) is 4. The lowest BCUT2D eigenvalue weighted by molar-refractivity contribution is 0.317. The second kappa shape index (κ2) is 5.60. The molecule has 1 aromatic heterocycles. The van der Waals surface area contributed by atoms with Gasteiger partial charge in [-0.3, -0.25) is 0 Å². The molecule has 110 valence electrons. The Morgan fingerprint density at radius 1 is 1.10 bits per heavy atom. The van der Waals surface area contributed by atoms with Crippen molar-refractivity contribution in [2.45, 2.75) is 43.9 Å². The summed E-state index contributed by atoms with van der Waals surface area (Å²) in [6.07, 6.45) is 5.71. The number of rotatable bonds is 2. The quantitative estimate of drug-likeness (QED) is 0.920. The van der Waals surface area contributed by atoms with Crippen molar-refractivity contribution in [1.29, 1.82) is 0 Å². The van der Waals surface area contributed by atoms with Gasteiger partial charge in [-0.05, 0) is 56.3 Å². The molecule has 1 fully saturated rings. The number of nitrogens with one attached hydrogen (secondary N) is 1. The van der Waals surface area contributed by atoms with Crippen molar-refractivity contribution in [3.63, 3.8) is 0 Å². The van der Waals surface area contributed by atoms with Gasteiger partial charge in [0.25, 0.3) is 0 Å². The van der Waals surface area contributed by atoms with Gasteiger partial charge >= 0.3 is 0 Å². The molecule has 0 radical (unpaired) electrons. The van der Waals surface area contributed by atoms with Gasteiger partial charge in [-0.25, -0.2) is 0 Å². The molecule has 2 aliphatic rings. The van der Waals surface area contributed by atoms with Crippen molar-refractivity contribution in [3.05, 3.63) is 47.1 Å². The summed E-state index contributed by atoms with van der Waals surface area (Å²) < 4.78 is 5.58. The zero-order valence-electron chi connectivity index (χ0n) is 12.2. The normalized spacial score (nSPS) is 23.0. The first-order valence-electron chi connectivity index (χ1n) is 8.04. The fraction of sp³-hybridized carbons (Fsp3) is 0.529. The molecule has 21 heavy (non-hydrogen) atoms. The first kappa shape index (κ1) is 13.0. The summed E-state index contributed by atoms with van der Waals surface area (Å²) in [4.78, 5) is 4.75. The lowest BCUT2D eigenvalue weighted by Crippen LogP contribution is -2.26. The van der Waals surface area contributed by atoms with Gasteiger partial charge in [0.15, 0.2) is 5.82 Å². The summed E-state index contributed by atoms with van der Waals surface area (Å²) in [6, 6.07) is 8.69. The highest BCUT2D eigenvalue weighted by atomic mass is 16.5. The molecule has 0 saturated carbocycles. The van der Waals surface area contributed by atoms with Crippen LogP contribution < -0.4 is 5.32 Å². The van der Waals surface area contributed by atoms with Crippen molar-refractivity contribution in [2.75, 3.05) is 13.1 Å². The van der Waals surface area contributed by atoms with Crippen molar-refractivity contribution < 1.29 is 4.52 Å². The fourth-order valence-electron chi connectivity index (χ4n) is 3.65. The molecule has 0 spiro atoms. The van der Waals surface area contributed by atoms with Crippen LogP contribution >= 0.6 is 0 Å². The lowest BCUT2D eigenvalue weighted by Gasteiger charge is -2.22. The van der Waals surface area contributed by atoms with Crippen molar-refractivity contribution in [3.8, 4) is 0 Å². The Labute approximate surface area is 124 Å². The summed E-state index contributed by atoms with van der Waals surface area (Å²) in [7, 11) is 0.